The highest BCUT2D eigenvalue weighted by atomic mass is 35.5. The van der Waals surface area contributed by atoms with Gasteiger partial charge in [-0.3, -0.25) is 9.58 Å². The molecule has 1 aliphatic heterocycles. The summed E-state index contributed by atoms with van der Waals surface area (Å²) in [6, 6.07) is 16.4. The van der Waals surface area contributed by atoms with Gasteiger partial charge in [0.05, 0.1) is 34.1 Å². The van der Waals surface area contributed by atoms with E-state index in [0.717, 1.165) is 74.0 Å². The number of halogens is 2. The van der Waals surface area contributed by atoms with E-state index in [4.69, 9.17) is 33.0 Å². The van der Waals surface area contributed by atoms with Crippen LogP contribution in [0.1, 0.15) is 32.9 Å². The molecule has 1 fully saturated rings. The van der Waals surface area contributed by atoms with Crippen molar-refractivity contribution < 1.29 is 4.74 Å². The average molecular weight is 502 g/mol. The quantitative estimate of drug-likeness (QED) is 0.377. The number of rotatable bonds is 7. The number of aromatic nitrogens is 2. The molecule has 2 heterocycles. The molecule has 1 saturated heterocycles. The molecular formula is C27H34Cl2N4O. The third-order valence-electron chi connectivity index (χ3n) is 6.33. The summed E-state index contributed by atoms with van der Waals surface area (Å²) in [4.78, 5) is 4.92. The summed E-state index contributed by atoms with van der Waals surface area (Å²) in [7, 11) is 1.69. The largest absolute Gasteiger partial charge is 0.497 e. The Morgan fingerprint density at radius 3 is 2.24 bits per heavy atom. The molecule has 4 rings (SSSR count). The second-order valence-corrected chi connectivity index (χ2v) is 10.7. The van der Waals surface area contributed by atoms with Gasteiger partial charge in [0.25, 0.3) is 0 Å². The molecule has 0 unspecified atom stereocenters. The van der Waals surface area contributed by atoms with E-state index in [9.17, 15) is 0 Å². The van der Waals surface area contributed by atoms with Gasteiger partial charge in [-0.1, -0.05) is 23.2 Å². The normalized spacial score (nSPS) is 15.1. The van der Waals surface area contributed by atoms with E-state index in [1.54, 1.807) is 7.11 Å². The fourth-order valence-electron chi connectivity index (χ4n) is 4.43. The standard InChI is InChI=1S/C27H34Cl2N4O/c1-27(2,3)33-26(20-7-10-23(34-4)11-8-20)18-21(30-33)6-5-13-31-14-16-32(17-15-31)22-9-12-24(28)25(29)19-22/h7-12,18-19H,5-6,13-17H2,1-4H3. The van der Waals surface area contributed by atoms with Gasteiger partial charge >= 0.3 is 0 Å². The number of piperazine rings is 1. The van der Waals surface area contributed by atoms with Crippen LogP contribution in [0.15, 0.2) is 48.5 Å². The van der Waals surface area contributed by atoms with Gasteiger partial charge in [0.2, 0.25) is 0 Å². The molecule has 1 aromatic heterocycles. The van der Waals surface area contributed by atoms with Crippen molar-refractivity contribution in [3.63, 3.8) is 0 Å². The SMILES string of the molecule is COc1ccc(-c2cc(CCCN3CCN(c4ccc(Cl)c(Cl)c4)CC3)nn2C(C)(C)C)cc1. The number of hydrogen-bond donors (Lipinski definition) is 0. The molecule has 0 spiro atoms. The molecule has 2 aromatic carbocycles. The summed E-state index contributed by atoms with van der Waals surface area (Å²) < 4.78 is 7.47. The van der Waals surface area contributed by atoms with Crippen molar-refractivity contribution in [1.29, 1.82) is 0 Å². The van der Waals surface area contributed by atoms with Crippen molar-refractivity contribution >= 4 is 28.9 Å². The highest BCUT2D eigenvalue weighted by Gasteiger charge is 2.21. The summed E-state index contributed by atoms with van der Waals surface area (Å²) in [5.41, 5.74) is 4.52. The Morgan fingerprint density at radius 1 is 0.912 bits per heavy atom. The maximum Gasteiger partial charge on any atom is 0.118 e. The maximum absolute atomic E-state index is 6.20. The maximum atomic E-state index is 6.20. The van der Waals surface area contributed by atoms with Gasteiger partial charge in [-0.15, -0.1) is 0 Å². The number of aryl methyl sites for hydroxylation is 1. The van der Waals surface area contributed by atoms with Gasteiger partial charge in [-0.25, -0.2) is 0 Å². The number of nitrogens with zero attached hydrogens (tertiary/aromatic N) is 4. The fourth-order valence-corrected chi connectivity index (χ4v) is 4.72. The van der Waals surface area contributed by atoms with Crippen LogP contribution in [0.5, 0.6) is 5.75 Å². The van der Waals surface area contributed by atoms with Gasteiger partial charge < -0.3 is 9.64 Å². The van der Waals surface area contributed by atoms with Gasteiger partial charge in [0.15, 0.2) is 0 Å². The summed E-state index contributed by atoms with van der Waals surface area (Å²) in [5, 5.41) is 6.21. The second kappa shape index (κ2) is 10.6. The molecule has 34 heavy (non-hydrogen) atoms. The Hall–Kier alpha value is -2.21. The molecule has 0 bridgehead atoms. The molecule has 3 aromatic rings. The van der Waals surface area contributed by atoms with Crippen molar-refractivity contribution in [2.45, 2.75) is 39.2 Å². The molecule has 182 valence electrons. The number of benzene rings is 2. The number of anilines is 1. The van der Waals surface area contributed by atoms with Gasteiger partial charge in [-0.2, -0.15) is 5.10 Å². The Labute approximate surface area is 213 Å². The minimum Gasteiger partial charge on any atom is -0.497 e. The van der Waals surface area contributed by atoms with Crippen LogP contribution in [0.3, 0.4) is 0 Å². The first-order chi connectivity index (χ1) is 16.2. The van der Waals surface area contributed by atoms with Crippen molar-refractivity contribution in [2.75, 3.05) is 44.7 Å². The number of hydrogen-bond acceptors (Lipinski definition) is 4. The summed E-state index contributed by atoms with van der Waals surface area (Å²) >= 11 is 12.3. The van der Waals surface area contributed by atoms with Crippen LogP contribution < -0.4 is 9.64 Å². The smallest absolute Gasteiger partial charge is 0.118 e. The average Bonchev–Trinajstić information content (AvgIpc) is 3.26. The first-order valence-corrected chi connectivity index (χ1v) is 12.7. The lowest BCUT2D eigenvalue weighted by molar-refractivity contribution is 0.254. The molecular weight excluding hydrogens is 467 g/mol. The van der Waals surface area contributed by atoms with E-state index in [0.29, 0.717) is 10.0 Å². The van der Waals surface area contributed by atoms with E-state index in [2.05, 4.69) is 59.5 Å². The number of ether oxygens (including phenoxy) is 1. The van der Waals surface area contributed by atoms with Crippen LogP contribution in [0, 0.1) is 0 Å². The molecule has 1 aliphatic rings. The van der Waals surface area contributed by atoms with Crippen LogP contribution in [0.2, 0.25) is 10.0 Å². The first kappa shape index (κ1) is 24.9. The lowest BCUT2D eigenvalue weighted by Gasteiger charge is -2.36. The molecule has 0 aliphatic carbocycles. The first-order valence-electron chi connectivity index (χ1n) is 11.9. The zero-order chi connectivity index (χ0) is 24.3. The Morgan fingerprint density at radius 2 is 1.62 bits per heavy atom. The van der Waals surface area contributed by atoms with E-state index >= 15 is 0 Å². The summed E-state index contributed by atoms with van der Waals surface area (Å²) in [6.07, 6.45) is 2.06. The molecule has 0 N–H and O–H groups in total. The Balaban J connectivity index is 1.34. The van der Waals surface area contributed by atoms with Crippen LogP contribution in [-0.2, 0) is 12.0 Å². The van der Waals surface area contributed by atoms with Crippen LogP contribution >= 0.6 is 23.2 Å². The Bertz CT molecular complexity index is 1100. The predicted octanol–water partition coefficient (Wildman–Crippen LogP) is 6.38. The fraction of sp³-hybridized carbons (Fsp3) is 0.444. The van der Waals surface area contributed by atoms with E-state index in [1.807, 2.05) is 24.3 Å². The van der Waals surface area contributed by atoms with E-state index in [1.165, 1.54) is 0 Å². The summed E-state index contributed by atoms with van der Waals surface area (Å²) in [5.74, 6) is 0.866. The third-order valence-corrected chi connectivity index (χ3v) is 7.07. The van der Waals surface area contributed by atoms with E-state index in [-0.39, 0.29) is 5.54 Å². The van der Waals surface area contributed by atoms with Crippen molar-refractivity contribution in [3.05, 3.63) is 64.3 Å². The minimum atomic E-state index is -0.0889. The zero-order valence-electron chi connectivity index (χ0n) is 20.5. The molecule has 0 saturated carbocycles. The topological polar surface area (TPSA) is 33.5 Å². The molecule has 5 nitrogen and oxygen atoms in total. The molecule has 0 amide bonds. The van der Waals surface area contributed by atoms with Gasteiger partial charge in [0.1, 0.15) is 5.75 Å². The lowest BCUT2D eigenvalue weighted by Crippen LogP contribution is -2.46. The van der Waals surface area contributed by atoms with Crippen molar-refractivity contribution in [1.82, 2.24) is 14.7 Å². The van der Waals surface area contributed by atoms with Crippen LogP contribution in [-0.4, -0.2) is 54.5 Å². The second-order valence-electron chi connectivity index (χ2n) is 9.86. The third kappa shape index (κ3) is 5.88. The highest BCUT2D eigenvalue weighted by Crippen LogP contribution is 2.29. The molecule has 7 heteroatoms. The predicted molar refractivity (Wildman–Crippen MR) is 143 cm³/mol. The molecule has 0 radical (unpaired) electrons. The summed E-state index contributed by atoms with van der Waals surface area (Å²) in [6.45, 7) is 11.8. The Kier molecular flexibility index (Phi) is 7.76. The van der Waals surface area contributed by atoms with Crippen LogP contribution in [0.4, 0.5) is 5.69 Å². The van der Waals surface area contributed by atoms with Gasteiger partial charge in [-0.05, 0) is 88.7 Å². The lowest BCUT2D eigenvalue weighted by atomic mass is 10.1. The minimum absolute atomic E-state index is 0.0889. The monoisotopic (exact) mass is 500 g/mol. The highest BCUT2D eigenvalue weighted by molar-refractivity contribution is 6.42. The van der Waals surface area contributed by atoms with Crippen molar-refractivity contribution in [3.8, 4) is 17.0 Å². The zero-order valence-corrected chi connectivity index (χ0v) is 22.0. The molecule has 0 atom stereocenters. The van der Waals surface area contributed by atoms with Crippen LogP contribution in [0.25, 0.3) is 11.3 Å². The van der Waals surface area contributed by atoms with E-state index < -0.39 is 0 Å². The van der Waals surface area contributed by atoms with Crippen molar-refractivity contribution in [2.24, 2.45) is 0 Å². The number of methoxy groups -OCH3 is 1. The van der Waals surface area contributed by atoms with Gasteiger partial charge in [0, 0.05) is 37.4 Å².